The maximum Gasteiger partial charge on any atom is 0.118 e. The Labute approximate surface area is 76.0 Å². The Morgan fingerprint density at radius 2 is 2.27 bits per heavy atom. The van der Waals surface area contributed by atoms with Crippen LogP contribution < -0.4 is 0 Å². The Hall–Kier alpha value is -0.310. The fourth-order valence-corrected chi connectivity index (χ4v) is 1.46. The molecule has 0 aliphatic carbocycles. The summed E-state index contributed by atoms with van der Waals surface area (Å²) in [6.07, 6.45) is 3.00. The van der Waals surface area contributed by atoms with E-state index in [0.29, 0.717) is 5.92 Å². The lowest BCUT2D eigenvalue weighted by Crippen LogP contribution is -1.89. The van der Waals surface area contributed by atoms with E-state index in [-0.39, 0.29) is 0 Å². The lowest BCUT2D eigenvalue weighted by molar-refractivity contribution is 0.823. The molecular weight excluding hydrogens is 204 g/mol. The molecule has 0 spiro atoms. The van der Waals surface area contributed by atoms with Gasteiger partial charge in [-0.25, -0.2) is 4.98 Å². The maximum atomic E-state index is 4.44. The molecule has 0 N–H and O–H groups in total. The summed E-state index contributed by atoms with van der Waals surface area (Å²) in [5, 5.41) is 0. The van der Waals surface area contributed by atoms with Gasteiger partial charge in [-0.1, -0.05) is 20.8 Å². The van der Waals surface area contributed by atoms with Gasteiger partial charge in [-0.2, -0.15) is 0 Å². The van der Waals surface area contributed by atoms with E-state index >= 15 is 0 Å². The highest BCUT2D eigenvalue weighted by atomic mass is 79.9. The van der Waals surface area contributed by atoms with E-state index in [0.717, 1.165) is 17.9 Å². The molecule has 0 atom stereocenters. The number of aryl methyl sites for hydroxylation is 1. The fourth-order valence-electron chi connectivity index (χ4n) is 0.925. The summed E-state index contributed by atoms with van der Waals surface area (Å²) in [6.45, 7) is 6.40. The highest BCUT2D eigenvalue weighted by Gasteiger charge is 2.06. The lowest BCUT2D eigenvalue weighted by Gasteiger charge is -1.95. The van der Waals surface area contributed by atoms with Gasteiger partial charge in [0.2, 0.25) is 0 Å². The van der Waals surface area contributed by atoms with Crippen LogP contribution in [0, 0.1) is 0 Å². The molecule has 2 nitrogen and oxygen atoms in total. The lowest BCUT2D eigenvalue weighted by atomic mass is 10.2. The molecule has 0 aliphatic rings. The van der Waals surface area contributed by atoms with Crippen LogP contribution in [0.25, 0.3) is 0 Å². The molecule has 1 rings (SSSR count). The molecule has 0 unspecified atom stereocenters. The summed E-state index contributed by atoms with van der Waals surface area (Å²) in [7, 11) is 0. The first-order chi connectivity index (χ1) is 5.15. The quantitative estimate of drug-likeness (QED) is 0.744. The van der Waals surface area contributed by atoms with Crippen LogP contribution >= 0.6 is 16.1 Å². The molecule has 0 bridgehead atoms. The number of halogens is 1. The topological polar surface area (TPSA) is 17.8 Å². The van der Waals surface area contributed by atoms with Crippen LogP contribution in [0.2, 0.25) is 0 Å². The second kappa shape index (κ2) is 3.39. The SMILES string of the molecule is CCc1nc(C(C)C)cn1Br. The molecule has 1 heterocycles. The predicted octanol–water partition coefficient (Wildman–Crippen LogP) is 2.73. The van der Waals surface area contributed by atoms with Crippen molar-refractivity contribution in [2.75, 3.05) is 0 Å². The Bertz CT molecular complexity index is 240. The summed E-state index contributed by atoms with van der Waals surface area (Å²) in [6, 6.07) is 0. The molecule has 0 aliphatic heterocycles. The average Bonchev–Trinajstić information content (AvgIpc) is 2.31. The van der Waals surface area contributed by atoms with Crippen molar-refractivity contribution in [2.24, 2.45) is 0 Å². The third-order valence-electron chi connectivity index (χ3n) is 1.66. The van der Waals surface area contributed by atoms with Gasteiger partial charge in [-0.05, 0) is 5.92 Å². The zero-order valence-electron chi connectivity index (χ0n) is 7.13. The number of nitrogens with zero attached hydrogens (tertiary/aromatic N) is 2. The van der Waals surface area contributed by atoms with Gasteiger partial charge in [0.25, 0.3) is 0 Å². The number of aromatic nitrogens is 2. The van der Waals surface area contributed by atoms with E-state index in [2.05, 4.69) is 41.9 Å². The van der Waals surface area contributed by atoms with Crippen molar-refractivity contribution in [3.8, 4) is 0 Å². The first-order valence-corrected chi connectivity index (χ1v) is 4.60. The second-order valence-corrected chi connectivity index (χ2v) is 3.67. The van der Waals surface area contributed by atoms with Gasteiger partial charge < -0.3 is 0 Å². The maximum absolute atomic E-state index is 4.44. The molecule has 0 saturated carbocycles. The van der Waals surface area contributed by atoms with Crippen molar-refractivity contribution in [1.29, 1.82) is 0 Å². The smallest absolute Gasteiger partial charge is 0.118 e. The van der Waals surface area contributed by atoms with E-state index in [9.17, 15) is 0 Å². The predicted molar refractivity (Wildman–Crippen MR) is 50.0 cm³/mol. The number of rotatable bonds is 2. The van der Waals surface area contributed by atoms with Crippen LogP contribution in [-0.4, -0.2) is 8.58 Å². The van der Waals surface area contributed by atoms with Crippen molar-refractivity contribution < 1.29 is 0 Å². The molecular formula is C8H13BrN2. The van der Waals surface area contributed by atoms with E-state index < -0.39 is 0 Å². The van der Waals surface area contributed by atoms with Crippen molar-refractivity contribution in [2.45, 2.75) is 33.1 Å². The highest BCUT2D eigenvalue weighted by Crippen LogP contribution is 2.15. The van der Waals surface area contributed by atoms with E-state index in [1.165, 1.54) is 0 Å². The minimum Gasteiger partial charge on any atom is -0.270 e. The Morgan fingerprint density at radius 3 is 2.55 bits per heavy atom. The van der Waals surface area contributed by atoms with Crippen LogP contribution in [0.15, 0.2) is 6.20 Å². The fraction of sp³-hybridized carbons (Fsp3) is 0.625. The Balaban J connectivity index is 2.95. The number of imidazole rings is 1. The van der Waals surface area contributed by atoms with E-state index in [1.807, 2.05) is 9.79 Å². The number of hydrogen-bond donors (Lipinski definition) is 0. The van der Waals surface area contributed by atoms with Crippen molar-refractivity contribution in [3.05, 3.63) is 17.7 Å². The van der Waals surface area contributed by atoms with Crippen LogP contribution in [0.3, 0.4) is 0 Å². The molecule has 1 aromatic heterocycles. The molecule has 0 fully saturated rings. The summed E-state index contributed by atoms with van der Waals surface area (Å²) in [4.78, 5) is 4.44. The number of hydrogen-bond acceptors (Lipinski definition) is 1. The summed E-state index contributed by atoms with van der Waals surface area (Å²) >= 11 is 3.40. The van der Waals surface area contributed by atoms with Gasteiger partial charge in [0, 0.05) is 12.6 Å². The largest absolute Gasteiger partial charge is 0.270 e. The molecule has 0 saturated heterocycles. The highest BCUT2D eigenvalue weighted by molar-refractivity contribution is 9.08. The first-order valence-electron chi connectivity index (χ1n) is 3.89. The van der Waals surface area contributed by atoms with Crippen LogP contribution in [0.5, 0.6) is 0 Å². The normalized spacial score (nSPS) is 11.0. The Kier molecular flexibility index (Phi) is 2.71. The van der Waals surface area contributed by atoms with Gasteiger partial charge in [0.1, 0.15) is 5.82 Å². The van der Waals surface area contributed by atoms with E-state index in [1.54, 1.807) is 0 Å². The molecule has 1 aromatic rings. The summed E-state index contributed by atoms with van der Waals surface area (Å²) < 4.78 is 1.92. The molecule has 62 valence electrons. The van der Waals surface area contributed by atoms with Crippen molar-refractivity contribution in [3.63, 3.8) is 0 Å². The zero-order valence-corrected chi connectivity index (χ0v) is 8.72. The molecule has 0 amide bonds. The minimum atomic E-state index is 0.513. The average molecular weight is 217 g/mol. The van der Waals surface area contributed by atoms with Crippen LogP contribution in [0.1, 0.15) is 38.2 Å². The van der Waals surface area contributed by atoms with Crippen LogP contribution in [0.4, 0.5) is 0 Å². The first kappa shape index (κ1) is 8.78. The van der Waals surface area contributed by atoms with Crippen molar-refractivity contribution in [1.82, 2.24) is 8.58 Å². The van der Waals surface area contributed by atoms with Gasteiger partial charge in [-0.15, -0.1) is 0 Å². The summed E-state index contributed by atoms with van der Waals surface area (Å²) in [5.41, 5.74) is 1.15. The molecule has 3 heteroatoms. The van der Waals surface area contributed by atoms with E-state index in [4.69, 9.17) is 0 Å². The molecule has 0 radical (unpaired) electrons. The second-order valence-electron chi connectivity index (χ2n) is 2.90. The minimum absolute atomic E-state index is 0.513. The van der Waals surface area contributed by atoms with Gasteiger partial charge in [0.15, 0.2) is 0 Å². The summed E-state index contributed by atoms with van der Waals surface area (Å²) in [5.74, 6) is 1.60. The molecule has 11 heavy (non-hydrogen) atoms. The monoisotopic (exact) mass is 216 g/mol. The van der Waals surface area contributed by atoms with Crippen LogP contribution in [-0.2, 0) is 6.42 Å². The molecule has 0 aromatic carbocycles. The van der Waals surface area contributed by atoms with Gasteiger partial charge >= 0.3 is 0 Å². The zero-order chi connectivity index (χ0) is 8.43. The Morgan fingerprint density at radius 1 is 1.64 bits per heavy atom. The third-order valence-corrected chi connectivity index (χ3v) is 2.27. The van der Waals surface area contributed by atoms with Gasteiger partial charge in [-0.3, -0.25) is 3.59 Å². The third kappa shape index (κ3) is 1.83. The van der Waals surface area contributed by atoms with Gasteiger partial charge in [0.05, 0.1) is 21.8 Å². The standard InChI is InChI=1S/C8H13BrN2/c1-4-8-10-7(6(2)3)5-11(8)9/h5-6H,4H2,1-3H3. The van der Waals surface area contributed by atoms with Crippen molar-refractivity contribution >= 4 is 16.1 Å².